The predicted molar refractivity (Wildman–Crippen MR) is 122 cm³/mol. The maximum Gasteiger partial charge on any atom is 0.0737 e. The predicted octanol–water partition coefficient (Wildman–Crippen LogP) is 6.24. The van der Waals surface area contributed by atoms with E-state index in [1.165, 1.54) is 15.0 Å². The van der Waals surface area contributed by atoms with Crippen molar-refractivity contribution in [2.75, 3.05) is 5.73 Å². The van der Waals surface area contributed by atoms with E-state index in [1.54, 1.807) is 17.5 Å². The molecular weight excluding hydrogens is 376 g/mol. The van der Waals surface area contributed by atoms with Crippen LogP contribution in [0.25, 0.3) is 53.5 Å². The van der Waals surface area contributed by atoms with Gasteiger partial charge in [-0.25, -0.2) is 0 Å². The third-order valence-corrected chi connectivity index (χ3v) is 6.48. The molecule has 6 aromatic rings. The van der Waals surface area contributed by atoms with Crippen LogP contribution in [0.1, 0.15) is 0 Å². The SMILES string of the molecule is Nc1cnc2ccccc2c1-c1cc(-c2cc3ccccc3s2)c2[nH]ncc2c1. The van der Waals surface area contributed by atoms with Gasteiger partial charge in [-0.3, -0.25) is 10.1 Å². The second kappa shape index (κ2) is 6.15. The third-order valence-electron chi connectivity index (χ3n) is 5.33. The van der Waals surface area contributed by atoms with Crippen LogP contribution >= 0.6 is 11.3 Å². The Bertz CT molecular complexity index is 1490. The minimum atomic E-state index is 0.675. The van der Waals surface area contributed by atoms with E-state index in [0.29, 0.717) is 5.69 Å². The Kier molecular flexibility index (Phi) is 3.45. The van der Waals surface area contributed by atoms with E-state index in [0.717, 1.165) is 38.5 Å². The van der Waals surface area contributed by atoms with Crippen molar-refractivity contribution in [1.29, 1.82) is 0 Å². The molecule has 0 aliphatic heterocycles. The lowest BCUT2D eigenvalue weighted by molar-refractivity contribution is 1.12. The average molecular weight is 392 g/mol. The molecule has 0 aliphatic carbocycles. The third kappa shape index (κ3) is 2.52. The van der Waals surface area contributed by atoms with E-state index in [4.69, 9.17) is 5.73 Å². The minimum Gasteiger partial charge on any atom is -0.397 e. The molecule has 3 aromatic heterocycles. The van der Waals surface area contributed by atoms with Gasteiger partial charge in [0.1, 0.15) is 0 Å². The average Bonchev–Trinajstić information content (AvgIpc) is 3.39. The summed E-state index contributed by atoms with van der Waals surface area (Å²) in [6.45, 7) is 0. The van der Waals surface area contributed by atoms with E-state index in [2.05, 4.69) is 63.7 Å². The van der Waals surface area contributed by atoms with Crippen molar-refractivity contribution in [3.8, 4) is 21.6 Å². The maximum absolute atomic E-state index is 6.40. The molecule has 3 N–H and O–H groups in total. The first-order valence-electron chi connectivity index (χ1n) is 9.37. The maximum atomic E-state index is 6.40. The zero-order valence-electron chi connectivity index (χ0n) is 15.4. The molecule has 0 bridgehead atoms. The lowest BCUT2D eigenvalue weighted by Gasteiger charge is -2.12. The number of pyridine rings is 1. The van der Waals surface area contributed by atoms with Crippen molar-refractivity contribution in [1.82, 2.24) is 15.2 Å². The van der Waals surface area contributed by atoms with Crippen LogP contribution in [-0.4, -0.2) is 15.2 Å². The van der Waals surface area contributed by atoms with Crippen LogP contribution in [0.5, 0.6) is 0 Å². The van der Waals surface area contributed by atoms with Crippen molar-refractivity contribution in [3.05, 3.63) is 79.1 Å². The number of nitrogen functional groups attached to an aromatic ring is 1. The standard InChI is InChI=1S/C24H16N4S/c25-19-13-26-20-7-3-2-6-17(20)23(19)15-9-16-12-27-28-24(16)18(10-15)22-11-14-5-1-4-8-21(14)29-22/h1-13H,25H2,(H,27,28). The van der Waals surface area contributed by atoms with Gasteiger partial charge < -0.3 is 5.73 Å². The van der Waals surface area contributed by atoms with Gasteiger partial charge in [0, 0.05) is 31.5 Å². The van der Waals surface area contributed by atoms with Crippen molar-refractivity contribution in [2.24, 2.45) is 0 Å². The number of nitrogens with zero attached hydrogens (tertiary/aromatic N) is 2. The number of hydrogen-bond donors (Lipinski definition) is 2. The first-order valence-corrected chi connectivity index (χ1v) is 10.2. The molecule has 0 spiro atoms. The van der Waals surface area contributed by atoms with Gasteiger partial charge in [-0.2, -0.15) is 5.10 Å². The van der Waals surface area contributed by atoms with Gasteiger partial charge in [-0.1, -0.05) is 36.4 Å². The van der Waals surface area contributed by atoms with Crippen LogP contribution < -0.4 is 5.73 Å². The van der Waals surface area contributed by atoms with Gasteiger partial charge in [-0.05, 0) is 41.3 Å². The van der Waals surface area contributed by atoms with Crippen molar-refractivity contribution in [2.45, 2.75) is 0 Å². The van der Waals surface area contributed by atoms with E-state index in [-0.39, 0.29) is 0 Å². The number of H-pyrrole nitrogens is 1. The van der Waals surface area contributed by atoms with Gasteiger partial charge in [0.2, 0.25) is 0 Å². The smallest absolute Gasteiger partial charge is 0.0737 e. The molecular formula is C24H16N4S. The Morgan fingerprint density at radius 1 is 0.862 bits per heavy atom. The Balaban J connectivity index is 1.67. The number of nitrogens with one attached hydrogen (secondary N) is 1. The molecule has 0 aliphatic rings. The first-order chi connectivity index (χ1) is 14.3. The molecule has 0 saturated heterocycles. The van der Waals surface area contributed by atoms with Gasteiger partial charge in [-0.15, -0.1) is 11.3 Å². The highest BCUT2D eigenvalue weighted by Gasteiger charge is 2.15. The van der Waals surface area contributed by atoms with E-state index in [1.807, 2.05) is 24.4 Å². The van der Waals surface area contributed by atoms with Crippen molar-refractivity contribution >= 4 is 48.9 Å². The summed E-state index contributed by atoms with van der Waals surface area (Å²) in [5.41, 5.74) is 12.3. The van der Waals surface area contributed by atoms with Gasteiger partial charge in [0.05, 0.1) is 29.1 Å². The normalized spacial score (nSPS) is 11.6. The number of aromatic nitrogens is 3. The van der Waals surface area contributed by atoms with E-state index < -0.39 is 0 Å². The summed E-state index contributed by atoms with van der Waals surface area (Å²) in [6.07, 6.45) is 3.62. The first kappa shape index (κ1) is 16.3. The molecule has 0 saturated carbocycles. The second-order valence-electron chi connectivity index (χ2n) is 7.11. The summed E-state index contributed by atoms with van der Waals surface area (Å²) >= 11 is 1.79. The molecule has 4 nitrogen and oxygen atoms in total. The number of thiophene rings is 1. The van der Waals surface area contributed by atoms with Crippen LogP contribution in [-0.2, 0) is 0 Å². The highest BCUT2D eigenvalue weighted by Crippen LogP contribution is 2.41. The van der Waals surface area contributed by atoms with Crippen LogP contribution in [0.4, 0.5) is 5.69 Å². The fourth-order valence-corrected chi connectivity index (χ4v) is 5.07. The molecule has 0 fully saturated rings. The lowest BCUT2D eigenvalue weighted by Crippen LogP contribution is -1.94. The fraction of sp³-hybridized carbons (Fsp3) is 0. The highest BCUT2D eigenvalue weighted by molar-refractivity contribution is 7.22. The zero-order valence-corrected chi connectivity index (χ0v) is 16.2. The van der Waals surface area contributed by atoms with Crippen molar-refractivity contribution < 1.29 is 0 Å². The molecule has 6 rings (SSSR count). The van der Waals surface area contributed by atoms with Gasteiger partial charge in [0.25, 0.3) is 0 Å². The largest absolute Gasteiger partial charge is 0.397 e. The van der Waals surface area contributed by atoms with Crippen LogP contribution in [0, 0.1) is 0 Å². The summed E-state index contributed by atoms with van der Waals surface area (Å²) in [5.74, 6) is 0. The summed E-state index contributed by atoms with van der Waals surface area (Å²) in [6, 6.07) is 23.2. The number of anilines is 1. The Hall–Kier alpha value is -3.70. The molecule has 5 heteroatoms. The Labute approximate surface area is 170 Å². The summed E-state index contributed by atoms with van der Waals surface area (Å²) in [7, 11) is 0. The molecule has 138 valence electrons. The highest BCUT2D eigenvalue weighted by atomic mass is 32.1. The van der Waals surface area contributed by atoms with Crippen LogP contribution in [0.2, 0.25) is 0 Å². The second-order valence-corrected chi connectivity index (χ2v) is 8.20. The number of aromatic amines is 1. The van der Waals surface area contributed by atoms with Crippen LogP contribution in [0.3, 0.4) is 0 Å². The molecule has 0 unspecified atom stereocenters. The molecule has 3 heterocycles. The van der Waals surface area contributed by atoms with Gasteiger partial charge in [0.15, 0.2) is 0 Å². The summed E-state index contributed by atoms with van der Waals surface area (Å²) in [5, 5.41) is 10.8. The molecule has 0 atom stereocenters. The van der Waals surface area contributed by atoms with Gasteiger partial charge >= 0.3 is 0 Å². The molecule has 3 aromatic carbocycles. The summed E-state index contributed by atoms with van der Waals surface area (Å²) < 4.78 is 1.27. The number of hydrogen-bond acceptors (Lipinski definition) is 4. The number of para-hydroxylation sites is 1. The van der Waals surface area contributed by atoms with E-state index in [9.17, 15) is 0 Å². The number of benzene rings is 3. The molecule has 29 heavy (non-hydrogen) atoms. The monoisotopic (exact) mass is 392 g/mol. The number of nitrogens with two attached hydrogens (primary N) is 1. The number of rotatable bonds is 2. The Morgan fingerprint density at radius 2 is 1.72 bits per heavy atom. The van der Waals surface area contributed by atoms with E-state index >= 15 is 0 Å². The molecule has 0 amide bonds. The number of fused-ring (bicyclic) bond motifs is 3. The van der Waals surface area contributed by atoms with Crippen LogP contribution in [0.15, 0.2) is 79.1 Å². The van der Waals surface area contributed by atoms with Crippen molar-refractivity contribution in [3.63, 3.8) is 0 Å². The quantitative estimate of drug-likeness (QED) is 0.366. The Morgan fingerprint density at radius 3 is 2.66 bits per heavy atom. The fourth-order valence-electron chi connectivity index (χ4n) is 3.99. The lowest BCUT2D eigenvalue weighted by atomic mass is 9.96. The zero-order chi connectivity index (χ0) is 19.4. The molecule has 0 radical (unpaired) electrons. The topological polar surface area (TPSA) is 67.6 Å². The summed E-state index contributed by atoms with van der Waals surface area (Å²) in [4.78, 5) is 5.69. The minimum absolute atomic E-state index is 0.675.